The summed E-state index contributed by atoms with van der Waals surface area (Å²) < 4.78 is 5.34. The Labute approximate surface area is 105 Å². The fraction of sp³-hybridized carbons (Fsp3) is 0.417. The van der Waals surface area contributed by atoms with Crippen LogP contribution in [0.15, 0.2) is 24.3 Å². The average molecular weight is 286 g/mol. The van der Waals surface area contributed by atoms with Crippen molar-refractivity contribution in [3.8, 4) is 5.75 Å². The molecule has 0 fully saturated rings. The van der Waals surface area contributed by atoms with Crippen molar-refractivity contribution in [2.75, 3.05) is 18.6 Å². The van der Waals surface area contributed by atoms with Crippen molar-refractivity contribution < 1.29 is 9.53 Å². The van der Waals surface area contributed by atoms with Gasteiger partial charge in [0.1, 0.15) is 5.75 Å². The van der Waals surface area contributed by atoms with Gasteiger partial charge in [0.05, 0.1) is 11.4 Å². The average Bonchev–Trinajstić information content (AvgIpc) is 2.28. The molecule has 1 aromatic carbocycles. The Hall–Kier alpha value is -1.03. The van der Waals surface area contributed by atoms with Gasteiger partial charge in [0, 0.05) is 12.7 Å². The number of rotatable bonds is 4. The molecule has 0 saturated carbocycles. The number of hydrogen-bond donors (Lipinski definition) is 0. The summed E-state index contributed by atoms with van der Waals surface area (Å²) in [4.78, 5) is 13.1. The third-order valence-electron chi connectivity index (χ3n) is 2.21. The summed E-state index contributed by atoms with van der Waals surface area (Å²) in [5.41, 5.74) is 0.861. The standard InChI is InChI=1S/C12H16BrNO2/c1-4-16-11-7-5-10(6-8-11)14(3)12(15)9(2)13/h5-9H,4H2,1-3H3. The maximum atomic E-state index is 11.7. The van der Waals surface area contributed by atoms with Crippen LogP contribution in [0.3, 0.4) is 0 Å². The van der Waals surface area contributed by atoms with Gasteiger partial charge in [-0.25, -0.2) is 0 Å². The molecule has 0 saturated heterocycles. The lowest BCUT2D eigenvalue weighted by atomic mass is 10.2. The van der Waals surface area contributed by atoms with E-state index in [0.717, 1.165) is 11.4 Å². The van der Waals surface area contributed by atoms with Crippen molar-refractivity contribution >= 4 is 27.5 Å². The number of alkyl halides is 1. The molecule has 0 radical (unpaired) electrons. The van der Waals surface area contributed by atoms with Gasteiger partial charge in [0.2, 0.25) is 5.91 Å². The number of hydrogen-bond acceptors (Lipinski definition) is 2. The van der Waals surface area contributed by atoms with Crippen LogP contribution in [-0.2, 0) is 4.79 Å². The molecule has 4 heteroatoms. The smallest absolute Gasteiger partial charge is 0.240 e. The molecule has 1 unspecified atom stereocenters. The number of anilines is 1. The van der Waals surface area contributed by atoms with Gasteiger partial charge in [-0.3, -0.25) is 4.79 Å². The lowest BCUT2D eigenvalue weighted by Crippen LogP contribution is -2.31. The molecule has 0 bridgehead atoms. The molecule has 0 spiro atoms. The quantitative estimate of drug-likeness (QED) is 0.797. The van der Waals surface area contributed by atoms with Crippen molar-refractivity contribution in [2.24, 2.45) is 0 Å². The Morgan fingerprint density at radius 1 is 1.44 bits per heavy atom. The van der Waals surface area contributed by atoms with E-state index in [-0.39, 0.29) is 10.7 Å². The van der Waals surface area contributed by atoms with Gasteiger partial charge in [0.15, 0.2) is 0 Å². The van der Waals surface area contributed by atoms with E-state index in [4.69, 9.17) is 4.74 Å². The van der Waals surface area contributed by atoms with Gasteiger partial charge in [-0.05, 0) is 38.1 Å². The van der Waals surface area contributed by atoms with Crippen LogP contribution in [-0.4, -0.2) is 24.4 Å². The van der Waals surface area contributed by atoms with Crippen molar-refractivity contribution in [1.29, 1.82) is 0 Å². The van der Waals surface area contributed by atoms with Crippen LogP contribution in [0.2, 0.25) is 0 Å². The topological polar surface area (TPSA) is 29.5 Å². The molecular weight excluding hydrogens is 270 g/mol. The fourth-order valence-corrected chi connectivity index (χ4v) is 1.63. The third-order valence-corrected chi connectivity index (χ3v) is 2.60. The second-order valence-electron chi connectivity index (χ2n) is 3.44. The van der Waals surface area contributed by atoms with Crippen LogP contribution < -0.4 is 9.64 Å². The first-order valence-corrected chi connectivity index (χ1v) is 6.12. The van der Waals surface area contributed by atoms with Gasteiger partial charge in [-0.2, -0.15) is 0 Å². The zero-order chi connectivity index (χ0) is 12.1. The van der Waals surface area contributed by atoms with Crippen LogP contribution in [0.25, 0.3) is 0 Å². The summed E-state index contributed by atoms with van der Waals surface area (Å²) >= 11 is 3.26. The highest BCUT2D eigenvalue weighted by atomic mass is 79.9. The van der Waals surface area contributed by atoms with Crippen LogP contribution in [0, 0.1) is 0 Å². The number of nitrogens with zero attached hydrogens (tertiary/aromatic N) is 1. The Bertz CT molecular complexity index is 349. The third kappa shape index (κ3) is 3.23. The highest BCUT2D eigenvalue weighted by Crippen LogP contribution is 2.19. The number of amides is 1. The zero-order valence-corrected chi connectivity index (χ0v) is 11.3. The van der Waals surface area contributed by atoms with Crippen molar-refractivity contribution in [1.82, 2.24) is 0 Å². The molecule has 1 rings (SSSR count). The molecule has 16 heavy (non-hydrogen) atoms. The Morgan fingerprint density at radius 2 is 2.00 bits per heavy atom. The molecule has 0 N–H and O–H groups in total. The number of benzene rings is 1. The number of carbonyl (C=O) groups is 1. The molecule has 1 aromatic rings. The summed E-state index contributed by atoms with van der Waals surface area (Å²) in [6, 6.07) is 7.47. The minimum Gasteiger partial charge on any atom is -0.494 e. The molecule has 0 aliphatic rings. The van der Waals surface area contributed by atoms with Gasteiger partial charge < -0.3 is 9.64 Å². The Balaban J connectivity index is 2.77. The summed E-state index contributed by atoms with van der Waals surface area (Å²) in [6.07, 6.45) is 0. The van der Waals surface area contributed by atoms with E-state index in [1.165, 1.54) is 0 Å². The van der Waals surface area contributed by atoms with E-state index < -0.39 is 0 Å². The van der Waals surface area contributed by atoms with Gasteiger partial charge in [-0.15, -0.1) is 0 Å². The lowest BCUT2D eigenvalue weighted by Gasteiger charge is -2.19. The number of ether oxygens (including phenoxy) is 1. The molecule has 0 aliphatic heterocycles. The Kier molecular flexibility index (Phi) is 4.80. The summed E-state index contributed by atoms with van der Waals surface area (Å²) in [7, 11) is 1.76. The first-order valence-electron chi connectivity index (χ1n) is 5.20. The van der Waals surface area contributed by atoms with Crippen LogP contribution in [0.4, 0.5) is 5.69 Å². The second-order valence-corrected chi connectivity index (χ2v) is 4.81. The van der Waals surface area contributed by atoms with E-state index in [2.05, 4.69) is 15.9 Å². The van der Waals surface area contributed by atoms with Gasteiger partial charge >= 0.3 is 0 Å². The van der Waals surface area contributed by atoms with E-state index >= 15 is 0 Å². The van der Waals surface area contributed by atoms with Crippen molar-refractivity contribution in [3.63, 3.8) is 0 Å². The zero-order valence-electron chi connectivity index (χ0n) is 9.74. The fourth-order valence-electron chi connectivity index (χ4n) is 1.33. The highest BCUT2D eigenvalue weighted by Gasteiger charge is 2.15. The number of carbonyl (C=O) groups excluding carboxylic acids is 1. The van der Waals surface area contributed by atoms with Crippen molar-refractivity contribution in [2.45, 2.75) is 18.7 Å². The summed E-state index contributed by atoms with van der Waals surface area (Å²) in [5, 5.41) is 0. The summed E-state index contributed by atoms with van der Waals surface area (Å²) in [5.74, 6) is 0.850. The first-order chi connectivity index (χ1) is 7.56. The van der Waals surface area contributed by atoms with E-state index in [0.29, 0.717) is 6.61 Å². The van der Waals surface area contributed by atoms with E-state index in [1.54, 1.807) is 11.9 Å². The van der Waals surface area contributed by atoms with Crippen molar-refractivity contribution in [3.05, 3.63) is 24.3 Å². The maximum absolute atomic E-state index is 11.7. The van der Waals surface area contributed by atoms with Crippen LogP contribution >= 0.6 is 15.9 Å². The minimum atomic E-state index is -0.177. The predicted molar refractivity (Wildman–Crippen MR) is 69.4 cm³/mol. The molecule has 0 aromatic heterocycles. The minimum absolute atomic E-state index is 0.0316. The van der Waals surface area contributed by atoms with E-state index in [1.807, 2.05) is 38.1 Å². The highest BCUT2D eigenvalue weighted by molar-refractivity contribution is 9.10. The maximum Gasteiger partial charge on any atom is 0.240 e. The molecule has 0 heterocycles. The monoisotopic (exact) mass is 285 g/mol. The predicted octanol–water partition coefficient (Wildman–Crippen LogP) is 2.83. The molecule has 3 nitrogen and oxygen atoms in total. The second kappa shape index (κ2) is 5.89. The lowest BCUT2D eigenvalue weighted by molar-refractivity contribution is -0.117. The van der Waals surface area contributed by atoms with Crippen LogP contribution in [0.1, 0.15) is 13.8 Å². The molecule has 0 aliphatic carbocycles. The molecule has 1 atom stereocenters. The number of halogens is 1. The van der Waals surface area contributed by atoms with Gasteiger partial charge in [0.25, 0.3) is 0 Å². The summed E-state index contributed by atoms with van der Waals surface area (Å²) in [6.45, 7) is 4.40. The molecule has 1 amide bonds. The molecule has 88 valence electrons. The SMILES string of the molecule is CCOc1ccc(N(C)C(=O)C(C)Br)cc1. The normalized spacial score (nSPS) is 12.0. The van der Waals surface area contributed by atoms with Gasteiger partial charge in [-0.1, -0.05) is 15.9 Å². The first kappa shape index (κ1) is 13.0. The largest absolute Gasteiger partial charge is 0.494 e. The Morgan fingerprint density at radius 3 is 2.44 bits per heavy atom. The van der Waals surface area contributed by atoms with E-state index in [9.17, 15) is 4.79 Å². The van der Waals surface area contributed by atoms with Crippen LogP contribution in [0.5, 0.6) is 5.75 Å². The molecular formula is C12H16BrNO2.